The molecule has 0 radical (unpaired) electrons. The maximum Gasteiger partial charge on any atom is 0.326 e. The number of carbonyl (C=O) groups excluding carboxylic acids is 3. The Morgan fingerprint density at radius 3 is 2.84 bits per heavy atom. The summed E-state index contributed by atoms with van der Waals surface area (Å²) in [5.74, 6) is 0.478. The van der Waals surface area contributed by atoms with Crippen LogP contribution in [0.4, 0.5) is 10.5 Å². The molecule has 3 saturated heterocycles. The van der Waals surface area contributed by atoms with E-state index < -0.39 is 0 Å². The molecular formula is C27H33N5O4S. The Morgan fingerprint density at radius 1 is 1.19 bits per heavy atom. The minimum Gasteiger partial charge on any atom is -0.490 e. The van der Waals surface area contributed by atoms with Gasteiger partial charge in [-0.25, -0.2) is 4.79 Å². The zero-order chi connectivity index (χ0) is 25.5. The molecule has 4 fully saturated rings. The number of hydrogen-bond acceptors (Lipinski definition) is 6. The number of hydrogen-bond donors (Lipinski definition) is 3. The summed E-state index contributed by atoms with van der Waals surface area (Å²) >= 11 is 1.49. The van der Waals surface area contributed by atoms with Gasteiger partial charge in [0.1, 0.15) is 5.75 Å². The maximum absolute atomic E-state index is 13.5. The summed E-state index contributed by atoms with van der Waals surface area (Å²) in [6.07, 6.45) is 7.37. The number of likely N-dealkylation sites (tertiary alicyclic amines) is 1. The van der Waals surface area contributed by atoms with Crippen molar-refractivity contribution in [2.75, 3.05) is 24.5 Å². The fraction of sp³-hybridized carbons (Fsp3) is 0.519. The van der Waals surface area contributed by atoms with Gasteiger partial charge in [0, 0.05) is 42.5 Å². The SMILES string of the molecule is C=CC(=O)N1CCC[C@@H](NC(=O)C2=C3NC(=O)N(c4cccc(OC5CCC5)c4)C4CCNC(S2)C34)C1. The molecular weight excluding hydrogens is 490 g/mol. The van der Waals surface area contributed by atoms with Crippen LogP contribution in [0.5, 0.6) is 5.75 Å². The lowest BCUT2D eigenvalue weighted by atomic mass is 9.86. The highest BCUT2D eigenvalue weighted by Crippen LogP contribution is 2.48. The predicted molar refractivity (Wildman–Crippen MR) is 142 cm³/mol. The first-order valence-electron chi connectivity index (χ1n) is 13.2. The Labute approximate surface area is 221 Å². The average molecular weight is 524 g/mol. The number of amides is 4. The Kier molecular flexibility index (Phi) is 6.62. The molecule has 0 spiro atoms. The topological polar surface area (TPSA) is 103 Å². The number of thioether (sulfide) groups is 1. The van der Waals surface area contributed by atoms with E-state index in [0.717, 1.165) is 50.1 Å². The Hall–Kier alpha value is -2.98. The van der Waals surface area contributed by atoms with Gasteiger partial charge in [-0.15, -0.1) is 0 Å². The first kappa shape index (κ1) is 24.4. The smallest absolute Gasteiger partial charge is 0.326 e. The number of nitrogens with zero attached hydrogens (tertiary/aromatic N) is 2. The van der Waals surface area contributed by atoms with Gasteiger partial charge in [-0.1, -0.05) is 24.4 Å². The second kappa shape index (κ2) is 10.1. The van der Waals surface area contributed by atoms with Crippen molar-refractivity contribution in [3.05, 3.63) is 47.5 Å². The van der Waals surface area contributed by atoms with Crippen molar-refractivity contribution in [3.63, 3.8) is 0 Å². The van der Waals surface area contributed by atoms with Crippen LogP contribution in [0.1, 0.15) is 38.5 Å². The van der Waals surface area contributed by atoms with Gasteiger partial charge < -0.3 is 25.6 Å². The van der Waals surface area contributed by atoms with Crippen LogP contribution >= 0.6 is 11.8 Å². The molecule has 4 aliphatic heterocycles. The van der Waals surface area contributed by atoms with Gasteiger partial charge in [0.15, 0.2) is 0 Å². The Bertz CT molecular complexity index is 1150. The van der Waals surface area contributed by atoms with E-state index in [1.807, 2.05) is 29.2 Å². The van der Waals surface area contributed by atoms with Crippen LogP contribution in [0.3, 0.4) is 0 Å². The highest BCUT2D eigenvalue weighted by atomic mass is 32.2. The van der Waals surface area contributed by atoms with E-state index in [1.54, 1.807) is 4.90 Å². The van der Waals surface area contributed by atoms with Crippen LogP contribution in [0.25, 0.3) is 0 Å². The van der Waals surface area contributed by atoms with Crippen LogP contribution in [0, 0.1) is 5.92 Å². The number of nitrogens with one attached hydrogen (secondary N) is 3. The lowest BCUT2D eigenvalue weighted by Gasteiger charge is -2.45. The van der Waals surface area contributed by atoms with Crippen LogP contribution in [0.2, 0.25) is 0 Å². The van der Waals surface area contributed by atoms with Crippen molar-refractivity contribution in [3.8, 4) is 5.75 Å². The number of anilines is 1. The van der Waals surface area contributed by atoms with Crippen LogP contribution < -0.4 is 25.6 Å². The first-order valence-corrected chi connectivity index (χ1v) is 14.1. The monoisotopic (exact) mass is 523 g/mol. The van der Waals surface area contributed by atoms with Crippen LogP contribution in [-0.2, 0) is 9.59 Å². The minimum absolute atomic E-state index is 0.0113. The third-order valence-corrected chi connectivity index (χ3v) is 9.40. The zero-order valence-corrected chi connectivity index (χ0v) is 21.6. The molecule has 3 unspecified atom stereocenters. The fourth-order valence-electron chi connectivity index (χ4n) is 5.99. The summed E-state index contributed by atoms with van der Waals surface area (Å²) < 4.78 is 6.09. The second-order valence-electron chi connectivity index (χ2n) is 10.4. The fourth-order valence-corrected chi connectivity index (χ4v) is 7.38. The normalized spacial score (nSPS) is 29.2. The molecule has 0 bridgehead atoms. The van der Waals surface area contributed by atoms with E-state index in [1.165, 1.54) is 24.3 Å². The van der Waals surface area contributed by atoms with Crippen molar-refractivity contribution in [2.45, 2.75) is 62.1 Å². The lowest BCUT2D eigenvalue weighted by Crippen LogP contribution is -2.62. The standard InChI is InChI=1S/C27H33N5O4S/c1-2-21(33)31-13-5-6-16(15-31)29-25(34)24-23-22-20(11-12-28-26(22)37-24)32(27(35)30-23)17-7-3-10-19(14-17)36-18-8-4-9-18/h2-3,7,10,14,16,18,20,22,26,28H,1,4-6,8-9,11-13,15H2,(H,29,34)(H,30,35)/t16-,20?,22?,26?/m1/s1. The molecule has 4 atom stereocenters. The second-order valence-corrected chi connectivity index (χ2v) is 11.5. The summed E-state index contributed by atoms with van der Waals surface area (Å²) in [5.41, 5.74) is 1.53. The average Bonchev–Trinajstić information content (AvgIpc) is 3.26. The lowest BCUT2D eigenvalue weighted by molar-refractivity contribution is -0.128. The number of carbonyl (C=O) groups is 3. The Morgan fingerprint density at radius 2 is 2.05 bits per heavy atom. The molecule has 9 nitrogen and oxygen atoms in total. The molecule has 10 heteroatoms. The molecule has 4 amide bonds. The van der Waals surface area contributed by atoms with Crippen LogP contribution in [-0.4, -0.2) is 65.9 Å². The molecule has 1 aromatic carbocycles. The van der Waals surface area contributed by atoms with E-state index in [0.29, 0.717) is 23.7 Å². The van der Waals surface area contributed by atoms with Gasteiger partial charge in [-0.2, -0.15) is 0 Å². The minimum atomic E-state index is -0.217. The maximum atomic E-state index is 13.5. The molecule has 3 N–H and O–H groups in total. The van der Waals surface area contributed by atoms with Gasteiger partial charge in [0.25, 0.3) is 5.91 Å². The largest absolute Gasteiger partial charge is 0.490 e. The molecule has 1 saturated carbocycles. The summed E-state index contributed by atoms with van der Waals surface area (Å²) in [7, 11) is 0. The van der Waals surface area contributed by atoms with Gasteiger partial charge in [-0.3, -0.25) is 14.5 Å². The van der Waals surface area contributed by atoms with Gasteiger partial charge in [-0.05, 0) is 63.3 Å². The van der Waals surface area contributed by atoms with Gasteiger partial charge >= 0.3 is 6.03 Å². The molecule has 5 aliphatic rings. The third-order valence-electron chi connectivity index (χ3n) is 8.04. The highest BCUT2D eigenvalue weighted by molar-refractivity contribution is 8.04. The molecule has 6 rings (SSSR count). The molecule has 0 aromatic heterocycles. The molecule has 37 heavy (non-hydrogen) atoms. The summed E-state index contributed by atoms with van der Waals surface area (Å²) in [6.45, 7) is 5.48. The Balaban J connectivity index is 1.21. The summed E-state index contributed by atoms with van der Waals surface area (Å²) in [4.78, 5) is 43.1. The zero-order valence-electron chi connectivity index (χ0n) is 20.8. The van der Waals surface area contributed by atoms with Crippen LogP contribution in [0.15, 0.2) is 47.5 Å². The van der Waals surface area contributed by atoms with E-state index in [9.17, 15) is 14.4 Å². The highest BCUT2D eigenvalue weighted by Gasteiger charge is 2.51. The van der Waals surface area contributed by atoms with Gasteiger partial charge in [0.2, 0.25) is 5.91 Å². The van der Waals surface area contributed by atoms with E-state index in [-0.39, 0.29) is 47.3 Å². The molecule has 196 valence electrons. The van der Waals surface area contributed by atoms with E-state index in [4.69, 9.17) is 4.74 Å². The van der Waals surface area contributed by atoms with E-state index in [2.05, 4.69) is 22.5 Å². The summed E-state index contributed by atoms with van der Waals surface area (Å²) in [5, 5.41) is 9.74. The van der Waals surface area contributed by atoms with Crippen molar-refractivity contribution in [1.29, 1.82) is 0 Å². The molecule has 1 aliphatic carbocycles. The molecule has 4 heterocycles. The first-order chi connectivity index (χ1) is 18.0. The van der Waals surface area contributed by atoms with Crippen molar-refractivity contribution < 1.29 is 19.1 Å². The molecule has 1 aromatic rings. The number of ether oxygens (including phenoxy) is 1. The summed E-state index contributed by atoms with van der Waals surface area (Å²) in [6, 6.07) is 7.40. The number of benzene rings is 1. The number of rotatable bonds is 6. The number of urea groups is 1. The van der Waals surface area contributed by atoms with Crippen molar-refractivity contribution in [1.82, 2.24) is 20.9 Å². The third kappa shape index (κ3) is 4.61. The number of piperidine rings is 2. The van der Waals surface area contributed by atoms with Gasteiger partial charge in [0.05, 0.1) is 22.4 Å². The van der Waals surface area contributed by atoms with E-state index >= 15 is 0 Å². The predicted octanol–water partition coefficient (Wildman–Crippen LogP) is 2.70. The van der Waals surface area contributed by atoms with Crippen molar-refractivity contribution in [2.24, 2.45) is 5.92 Å². The van der Waals surface area contributed by atoms with Crippen molar-refractivity contribution >= 4 is 35.3 Å². The quantitative estimate of drug-likeness (QED) is 0.496.